The molecule has 0 aliphatic heterocycles. The third kappa shape index (κ3) is 6.41. The lowest BCUT2D eigenvalue weighted by atomic mass is 10.2. The van der Waals surface area contributed by atoms with Crippen molar-refractivity contribution in [2.75, 3.05) is 6.54 Å². The zero-order valence-electron chi connectivity index (χ0n) is 16.0. The number of benzene rings is 3. The molecule has 0 saturated carbocycles. The van der Waals surface area contributed by atoms with Gasteiger partial charge in [0.2, 0.25) is 0 Å². The van der Waals surface area contributed by atoms with Crippen LogP contribution in [0.25, 0.3) is 0 Å². The van der Waals surface area contributed by atoms with Gasteiger partial charge in [-0.05, 0) is 42.0 Å². The molecule has 148 valence electrons. The molecule has 0 unspecified atom stereocenters. The fourth-order valence-electron chi connectivity index (χ4n) is 2.72. The molecule has 0 aliphatic carbocycles. The molecule has 0 spiro atoms. The number of amides is 1. The Balaban J connectivity index is 1.53. The summed E-state index contributed by atoms with van der Waals surface area (Å²) in [5.74, 6) is 7.37. The fourth-order valence-corrected chi connectivity index (χ4v) is 2.72. The van der Waals surface area contributed by atoms with Crippen LogP contribution in [0.1, 0.15) is 15.9 Å². The second-order valence-corrected chi connectivity index (χ2v) is 6.49. The molecule has 3 aromatic rings. The van der Waals surface area contributed by atoms with E-state index in [0.717, 1.165) is 17.1 Å². The maximum Gasteiger partial charge on any atom is 0.251 e. The molecule has 29 heavy (non-hydrogen) atoms. The summed E-state index contributed by atoms with van der Waals surface area (Å²) in [6, 6.07) is 26.2. The smallest absolute Gasteiger partial charge is 0.251 e. The third-order valence-corrected chi connectivity index (χ3v) is 4.06. The minimum atomic E-state index is -0.184. The van der Waals surface area contributed by atoms with Crippen LogP contribution in [0.4, 0.5) is 0 Å². The van der Waals surface area contributed by atoms with Gasteiger partial charge in [-0.1, -0.05) is 48.5 Å². The minimum Gasteiger partial charge on any atom is -0.457 e. The van der Waals surface area contributed by atoms with Gasteiger partial charge in [0, 0.05) is 17.5 Å². The van der Waals surface area contributed by atoms with Crippen LogP contribution in [-0.2, 0) is 6.54 Å². The fraction of sp³-hybridized carbons (Fsp3) is 0.0870. The lowest BCUT2D eigenvalue weighted by Gasteiger charge is -2.16. The molecular formula is C23H24N4O2. The van der Waals surface area contributed by atoms with E-state index in [1.807, 2.05) is 72.8 Å². The van der Waals surface area contributed by atoms with E-state index in [1.54, 1.807) is 18.3 Å². The van der Waals surface area contributed by atoms with Gasteiger partial charge in [-0.15, -0.1) is 0 Å². The van der Waals surface area contributed by atoms with Crippen molar-refractivity contribution in [3.8, 4) is 11.5 Å². The Morgan fingerprint density at radius 2 is 1.59 bits per heavy atom. The highest BCUT2D eigenvalue weighted by molar-refractivity contribution is 5.94. The van der Waals surface area contributed by atoms with Crippen molar-refractivity contribution in [1.82, 2.24) is 10.3 Å². The van der Waals surface area contributed by atoms with Gasteiger partial charge in [-0.2, -0.15) is 0 Å². The standard InChI is InChI=1S/C23H24N4O2/c24-20(15-26-23(28)19-9-3-1-4-10-19)17-27(25)16-18-8-7-13-22(14-18)29-21-11-5-2-6-12-21/h1-14,17H,15-16,24-25H2,(H,26,28)/b20-17-. The van der Waals surface area contributed by atoms with Gasteiger partial charge in [-0.3, -0.25) is 4.79 Å². The second kappa shape index (κ2) is 9.96. The number of hydrogen-bond acceptors (Lipinski definition) is 5. The lowest BCUT2D eigenvalue weighted by Crippen LogP contribution is -2.31. The highest BCUT2D eigenvalue weighted by Gasteiger charge is 2.05. The average Bonchev–Trinajstić information content (AvgIpc) is 2.73. The van der Waals surface area contributed by atoms with Crippen LogP contribution in [0.2, 0.25) is 0 Å². The molecule has 6 heteroatoms. The molecule has 0 saturated heterocycles. The number of carbonyl (C=O) groups is 1. The third-order valence-electron chi connectivity index (χ3n) is 4.06. The molecule has 0 radical (unpaired) electrons. The molecule has 5 N–H and O–H groups in total. The summed E-state index contributed by atoms with van der Waals surface area (Å²) in [4.78, 5) is 12.1. The molecule has 3 aromatic carbocycles. The summed E-state index contributed by atoms with van der Waals surface area (Å²) in [5, 5.41) is 4.25. The Morgan fingerprint density at radius 3 is 2.31 bits per heavy atom. The van der Waals surface area contributed by atoms with E-state index < -0.39 is 0 Å². The number of ether oxygens (including phenoxy) is 1. The Kier molecular flexibility index (Phi) is 6.86. The Bertz CT molecular complexity index is 959. The summed E-state index contributed by atoms with van der Waals surface area (Å²) >= 11 is 0. The molecule has 3 rings (SSSR count). The summed E-state index contributed by atoms with van der Waals surface area (Å²) in [5.41, 5.74) is 7.99. The number of nitrogens with zero attached hydrogens (tertiary/aromatic N) is 1. The Labute approximate surface area is 170 Å². The van der Waals surface area contributed by atoms with Gasteiger partial charge in [0.1, 0.15) is 11.5 Å². The van der Waals surface area contributed by atoms with Crippen LogP contribution in [0.3, 0.4) is 0 Å². The van der Waals surface area contributed by atoms with E-state index in [1.165, 1.54) is 5.01 Å². The lowest BCUT2D eigenvalue weighted by molar-refractivity contribution is 0.0956. The first-order valence-corrected chi connectivity index (χ1v) is 9.23. The average molecular weight is 388 g/mol. The summed E-state index contributed by atoms with van der Waals surface area (Å²) in [7, 11) is 0. The summed E-state index contributed by atoms with van der Waals surface area (Å²) in [6.07, 6.45) is 1.61. The predicted molar refractivity (Wildman–Crippen MR) is 114 cm³/mol. The highest BCUT2D eigenvalue weighted by atomic mass is 16.5. The van der Waals surface area contributed by atoms with Crippen LogP contribution in [-0.4, -0.2) is 17.5 Å². The molecular weight excluding hydrogens is 364 g/mol. The zero-order valence-corrected chi connectivity index (χ0v) is 16.0. The van der Waals surface area contributed by atoms with E-state index in [4.69, 9.17) is 16.3 Å². The summed E-state index contributed by atoms with van der Waals surface area (Å²) < 4.78 is 5.84. The molecule has 0 heterocycles. The molecule has 6 nitrogen and oxygen atoms in total. The highest BCUT2D eigenvalue weighted by Crippen LogP contribution is 2.22. The zero-order chi connectivity index (χ0) is 20.5. The quantitative estimate of drug-likeness (QED) is 0.406. The number of rotatable bonds is 8. The van der Waals surface area contributed by atoms with Crippen LogP contribution in [0, 0.1) is 0 Å². The summed E-state index contributed by atoms with van der Waals surface area (Å²) in [6.45, 7) is 0.651. The minimum absolute atomic E-state index is 0.184. The van der Waals surface area contributed by atoms with Gasteiger partial charge in [-0.25, -0.2) is 5.84 Å². The SMILES string of the molecule is N/C(=C\N(N)Cc1cccc(Oc2ccccc2)c1)CNC(=O)c1ccccc1. The van der Waals surface area contributed by atoms with E-state index in [2.05, 4.69) is 5.32 Å². The van der Waals surface area contributed by atoms with Crippen molar-refractivity contribution in [1.29, 1.82) is 0 Å². The number of para-hydroxylation sites is 1. The number of hydrogen-bond donors (Lipinski definition) is 3. The van der Waals surface area contributed by atoms with Gasteiger partial charge >= 0.3 is 0 Å². The Morgan fingerprint density at radius 1 is 0.931 bits per heavy atom. The first-order valence-electron chi connectivity index (χ1n) is 9.23. The molecule has 0 bridgehead atoms. The normalized spacial score (nSPS) is 11.0. The van der Waals surface area contributed by atoms with Crippen LogP contribution >= 0.6 is 0 Å². The van der Waals surface area contributed by atoms with Crippen molar-refractivity contribution >= 4 is 5.91 Å². The number of hydrazine groups is 1. The topological polar surface area (TPSA) is 93.6 Å². The van der Waals surface area contributed by atoms with Crippen molar-refractivity contribution < 1.29 is 9.53 Å². The maximum absolute atomic E-state index is 12.1. The molecule has 1 amide bonds. The molecule has 0 aromatic heterocycles. The van der Waals surface area contributed by atoms with Gasteiger partial charge < -0.3 is 20.8 Å². The second-order valence-electron chi connectivity index (χ2n) is 6.49. The van der Waals surface area contributed by atoms with Crippen molar-refractivity contribution in [2.24, 2.45) is 11.6 Å². The Hall–Kier alpha value is -3.77. The van der Waals surface area contributed by atoms with Crippen molar-refractivity contribution in [3.05, 3.63) is 108 Å². The molecule has 0 aliphatic rings. The first-order chi connectivity index (χ1) is 14.1. The van der Waals surface area contributed by atoms with Gasteiger partial charge in [0.25, 0.3) is 5.91 Å². The largest absolute Gasteiger partial charge is 0.457 e. The number of carbonyl (C=O) groups excluding carboxylic acids is 1. The van der Waals surface area contributed by atoms with Crippen molar-refractivity contribution in [2.45, 2.75) is 6.54 Å². The van der Waals surface area contributed by atoms with Crippen molar-refractivity contribution in [3.63, 3.8) is 0 Å². The first kappa shape index (κ1) is 20.0. The van der Waals surface area contributed by atoms with E-state index in [9.17, 15) is 4.79 Å². The predicted octanol–water partition coefficient (Wildman–Crippen LogP) is 3.38. The van der Waals surface area contributed by atoms with Gasteiger partial charge in [0.05, 0.1) is 13.1 Å². The molecule has 0 fully saturated rings. The van der Waals surface area contributed by atoms with Crippen LogP contribution < -0.4 is 21.6 Å². The molecule has 0 atom stereocenters. The maximum atomic E-state index is 12.1. The van der Waals surface area contributed by atoms with E-state index in [-0.39, 0.29) is 12.5 Å². The number of nitrogens with two attached hydrogens (primary N) is 2. The van der Waals surface area contributed by atoms with E-state index >= 15 is 0 Å². The van der Waals surface area contributed by atoms with E-state index in [0.29, 0.717) is 17.8 Å². The monoisotopic (exact) mass is 388 g/mol. The number of nitrogens with one attached hydrogen (secondary N) is 1. The van der Waals surface area contributed by atoms with Crippen LogP contribution in [0.5, 0.6) is 11.5 Å². The van der Waals surface area contributed by atoms with Crippen LogP contribution in [0.15, 0.2) is 96.8 Å². The van der Waals surface area contributed by atoms with Gasteiger partial charge in [0.15, 0.2) is 0 Å².